The third-order valence-electron chi connectivity index (χ3n) is 0.224. The molecule has 0 radical (unpaired) electrons. The van der Waals surface area contributed by atoms with Gasteiger partial charge in [-0.25, -0.2) is 0 Å². The first-order valence-corrected chi connectivity index (χ1v) is 2.86. The third kappa shape index (κ3) is 352. The van der Waals surface area contributed by atoms with E-state index in [9.17, 15) is 0 Å². The molecule has 0 aromatic rings. The first-order valence-electron chi connectivity index (χ1n) is 2.86. The Balaban J connectivity index is -0.0000000720. The molecule has 0 aliphatic carbocycles. The van der Waals surface area contributed by atoms with Crippen LogP contribution in [0.3, 0.4) is 0 Å². The van der Waals surface area contributed by atoms with Crippen LogP contribution in [0.1, 0.15) is 13.3 Å². The lowest BCUT2D eigenvalue weighted by atomic mass is 10.5. The van der Waals surface area contributed by atoms with Gasteiger partial charge in [-0.05, 0) is 27.6 Å². The fourth-order valence-electron chi connectivity index (χ4n) is 0. The minimum atomic E-state index is 0. The minimum Gasteiger partial charge on any atom is -0.412 e. The van der Waals surface area contributed by atoms with Crippen LogP contribution in [0, 0.1) is 0 Å². The van der Waals surface area contributed by atoms with E-state index in [2.05, 4.69) is 0 Å². The van der Waals surface area contributed by atoms with Crippen LogP contribution >= 0.6 is 0 Å². The third-order valence-corrected chi connectivity index (χ3v) is 0.224. The van der Waals surface area contributed by atoms with Gasteiger partial charge in [-0.15, -0.1) is 0 Å². The monoisotopic (exact) mass is 137 g/mol. The molecular weight excluding hydrogens is 118 g/mol. The average Bonchev–Trinajstić information content (AvgIpc) is 1.65. The van der Waals surface area contributed by atoms with Crippen molar-refractivity contribution in [3.8, 4) is 0 Å². The fourth-order valence-corrected chi connectivity index (χ4v) is 0. The lowest BCUT2D eigenvalue weighted by molar-refractivity contribution is 0.295. The van der Waals surface area contributed by atoms with Crippen LogP contribution in [-0.4, -0.2) is 43.2 Å². The van der Waals surface area contributed by atoms with Gasteiger partial charge in [0.2, 0.25) is 0 Å². The number of aliphatic hydroxyl groups excluding tert-OH is 1. The SMILES string of the molecule is CCCO.CN(C)C.O. The summed E-state index contributed by atoms with van der Waals surface area (Å²) in [6.45, 7) is 2.25. The van der Waals surface area contributed by atoms with Crippen molar-refractivity contribution in [3.63, 3.8) is 0 Å². The van der Waals surface area contributed by atoms with Crippen molar-refractivity contribution in [1.82, 2.24) is 4.90 Å². The van der Waals surface area contributed by atoms with Gasteiger partial charge in [-0.3, -0.25) is 0 Å². The molecule has 0 bridgehead atoms. The summed E-state index contributed by atoms with van der Waals surface area (Å²) in [6.07, 6.45) is 0.875. The summed E-state index contributed by atoms with van der Waals surface area (Å²) in [5.41, 5.74) is 0. The normalized spacial score (nSPS) is 7.33. The first-order chi connectivity index (χ1) is 3.65. The van der Waals surface area contributed by atoms with Crippen LogP contribution in [0.15, 0.2) is 0 Å². The second-order valence-corrected chi connectivity index (χ2v) is 2.07. The zero-order chi connectivity index (χ0) is 6.99. The maximum atomic E-state index is 7.88. The van der Waals surface area contributed by atoms with E-state index >= 15 is 0 Å². The van der Waals surface area contributed by atoms with Crippen molar-refractivity contribution in [3.05, 3.63) is 0 Å². The van der Waals surface area contributed by atoms with E-state index in [1.54, 1.807) is 0 Å². The number of aliphatic hydroxyl groups is 1. The molecule has 3 heteroatoms. The van der Waals surface area contributed by atoms with E-state index in [4.69, 9.17) is 5.11 Å². The van der Waals surface area contributed by atoms with Crippen molar-refractivity contribution < 1.29 is 10.6 Å². The summed E-state index contributed by atoms with van der Waals surface area (Å²) in [5, 5.41) is 7.88. The Bertz CT molecular complexity index is 27.5. The second-order valence-electron chi connectivity index (χ2n) is 2.07. The number of rotatable bonds is 1. The highest BCUT2D eigenvalue weighted by Gasteiger charge is 1.58. The van der Waals surface area contributed by atoms with Gasteiger partial charge in [0.1, 0.15) is 0 Å². The van der Waals surface area contributed by atoms with Crippen LogP contribution in [0.4, 0.5) is 0 Å². The summed E-state index contributed by atoms with van der Waals surface area (Å²) in [6, 6.07) is 0. The Morgan fingerprint density at radius 1 is 1.22 bits per heavy atom. The van der Waals surface area contributed by atoms with Gasteiger partial charge < -0.3 is 15.5 Å². The Morgan fingerprint density at radius 3 is 1.33 bits per heavy atom. The lowest BCUT2D eigenvalue weighted by Gasteiger charge is -1.90. The Kier molecular flexibility index (Phi) is 27.8. The number of nitrogens with zero attached hydrogens (tertiary/aromatic N) is 1. The van der Waals surface area contributed by atoms with Crippen molar-refractivity contribution >= 4 is 0 Å². The zero-order valence-corrected chi connectivity index (χ0v) is 6.81. The Labute approximate surface area is 57.6 Å². The van der Waals surface area contributed by atoms with Crippen molar-refractivity contribution in [2.75, 3.05) is 27.7 Å². The van der Waals surface area contributed by atoms with E-state index in [1.165, 1.54) is 0 Å². The summed E-state index contributed by atoms with van der Waals surface area (Å²) in [5.74, 6) is 0. The standard InChI is InChI=1S/C3H9N.C3H8O.H2O/c1-4(2)3;1-2-3-4;/h1-3H3;4H,2-3H2,1H3;1H2. The highest BCUT2D eigenvalue weighted by Crippen LogP contribution is 1.61. The molecule has 0 aliphatic heterocycles. The van der Waals surface area contributed by atoms with Gasteiger partial charge in [-0.2, -0.15) is 0 Å². The minimum absolute atomic E-state index is 0. The van der Waals surface area contributed by atoms with Gasteiger partial charge in [-0.1, -0.05) is 6.92 Å². The average molecular weight is 137 g/mol. The van der Waals surface area contributed by atoms with Crippen LogP contribution in [0.5, 0.6) is 0 Å². The summed E-state index contributed by atoms with van der Waals surface area (Å²) < 4.78 is 0. The quantitative estimate of drug-likeness (QED) is 0.541. The molecule has 0 saturated carbocycles. The predicted octanol–water partition coefficient (Wildman–Crippen LogP) is -0.258. The molecule has 0 amide bonds. The Morgan fingerprint density at radius 2 is 1.33 bits per heavy atom. The molecule has 3 nitrogen and oxygen atoms in total. The predicted molar refractivity (Wildman–Crippen MR) is 40.6 cm³/mol. The largest absolute Gasteiger partial charge is 0.412 e. The topological polar surface area (TPSA) is 55.0 Å². The molecule has 0 saturated heterocycles. The molecule has 0 aromatic heterocycles. The number of hydrogen-bond donors (Lipinski definition) is 1. The van der Waals surface area contributed by atoms with Gasteiger partial charge in [0, 0.05) is 6.61 Å². The summed E-state index contributed by atoms with van der Waals surface area (Å²) in [4.78, 5) is 2.00. The zero-order valence-electron chi connectivity index (χ0n) is 6.81. The molecule has 0 unspecified atom stereocenters. The summed E-state index contributed by atoms with van der Waals surface area (Å²) >= 11 is 0. The molecule has 0 atom stereocenters. The van der Waals surface area contributed by atoms with Crippen molar-refractivity contribution in [2.45, 2.75) is 13.3 Å². The maximum Gasteiger partial charge on any atom is 0.0428 e. The van der Waals surface area contributed by atoms with Crippen molar-refractivity contribution in [2.24, 2.45) is 0 Å². The van der Waals surface area contributed by atoms with E-state index in [1.807, 2.05) is 33.0 Å². The summed E-state index contributed by atoms with van der Waals surface area (Å²) in [7, 11) is 6.00. The molecule has 60 valence electrons. The second kappa shape index (κ2) is 15.7. The van der Waals surface area contributed by atoms with E-state index in [-0.39, 0.29) is 5.48 Å². The molecule has 0 fully saturated rings. The number of hydrogen-bond acceptors (Lipinski definition) is 2. The lowest BCUT2D eigenvalue weighted by Crippen LogP contribution is -1.99. The molecular formula is C6H19NO2. The highest BCUT2D eigenvalue weighted by molar-refractivity contribution is 4.10. The smallest absolute Gasteiger partial charge is 0.0428 e. The van der Waals surface area contributed by atoms with Crippen LogP contribution in [-0.2, 0) is 0 Å². The van der Waals surface area contributed by atoms with Crippen LogP contribution in [0.2, 0.25) is 0 Å². The van der Waals surface area contributed by atoms with Crippen LogP contribution < -0.4 is 0 Å². The van der Waals surface area contributed by atoms with E-state index in [0.29, 0.717) is 6.61 Å². The van der Waals surface area contributed by atoms with Gasteiger partial charge in [0.15, 0.2) is 0 Å². The Hall–Kier alpha value is -0.120. The molecule has 9 heavy (non-hydrogen) atoms. The molecule has 0 aliphatic rings. The fraction of sp³-hybridized carbons (Fsp3) is 1.00. The highest BCUT2D eigenvalue weighted by atomic mass is 16.2. The maximum absolute atomic E-state index is 7.88. The van der Waals surface area contributed by atoms with Crippen LogP contribution in [0.25, 0.3) is 0 Å². The van der Waals surface area contributed by atoms with Crippen molar-refractivity contribution in [1.29, 1.82) is 0 Å². The first kappa shape index (κ1) is 15.9. The molecule has 0 heterocycles. The molecule has 0 rings (SSSR count). The molecule has 3 N–H and O–H groups in total. The van der Waals surface area contributed by atoms with Gasteiger partial charge >= 0.3 is 0 Å². The van der Waals surface area contributed by atoms with Gasteiger partial charge in [0.05, 0.1) is 0 Å². The molecule has 0 aromatic carbocycles. The van der Waals surface area contributed by atoms with E-state index in [0.717, 1.165) is 6.42 Å². The van der Waals surface area contributed by atoms with E-state index < -0.39 is 0 Å². The van der Waals surface area contributed by atoms with Gasteiger partial charge in [0.25, 0.3) is 0 Å². The molecule has 0 spiro atoms.